The van der Waals surface area contributed by atoms with Gasteiger partial charge in [0.2, 0.25) is 5.91 Å². The van der Waals surface area contributed by atoms with Crippen molar-refractivity contribution in [2.75, 3.05) is 6.61 Å². The Bertz CT molecular complexity index is 1650. The number of aryl methyl sites for hydroxylation is 1. The number of hydrogen-bond donors (Lipinski definition) is 2. The standard InChI is InChI=1S/C36H41ClN4O5S2/c1-36(2,3)41-30(42)18-28(39-34(41)45)33(44)46-10-4-5-22-16-26(21-6-8-25(37)9-7-21)38-27(22)17-29-32(43)40(35(47)48-29)31-23-12-19-11-20(14-23)15-24(31)13-19/h6-9,16-17,19-20,23-24,28,31,38H,4-5,10-15,18H2,1-3H3,(H,39,45)/t19?,20?,23?,24?,28-,31?/m0/s1. The van der Waals surface area contributed by atoms with Crippen LogP contribution in [-0.4, -0.2) is 67.1 Å². The molecule has 0 spiro atoms. The molecular weight excluding hydrogens is 668 g/mol. The molecule has 9 nitrogen and oxygen atoms in total. The van der Waals surface area contributed by atoms with Crippen LogP contribution in [0, 0.1) is 23.7 Å². The number of hydrogen-bond acceptors (Lipinski definition) is 7. The number of carbonyl (C=O) groups is 4. The van der Waals surface area contributed by atoms with E-state index in [1.165, 1.54) is 43.9 Å². The zero-order valence-corrected chi connectivity index (χ0v) is 29.8. The molecule has 254 valence electrons. The number of nitrogens with zero attached hydrogens (tertiary/aromatic N) is 2. The molecule has 4 saturated carbocycles. The summed E-state index contributed by atoms with van der Waals surface area (Å²) in [5.74, 6) is 1.67. The highest BCUT2D eigenvalue weighted by molar-refractivity contribution is 8.26. The average Bonchev–Trinajstić information content (AvgIpc) is 3.53. The third-order valence-corrected chi connectivity index (χ3v) is 12.2. The van der Waals surface area contributed by atoms with Crippen molar-refractivity contribution < 1.29 is 23.9 Å². The molecule has 0 unspecified atom stereocenters. The van der Waals surface area contributed by atoms with E-state index in [0.29, 0.717) is 38.9 Å². The highest BCUT2D eigenvalue weighted by Crippen LogP contribution is 2.56. The molecule has 2 N–H and O–H groups in total. The van der Waals surface area contributed by atoms with Gasteiger partial charge in [0.05, 0.1) is 17.9 Å². The van der Waals surface area contributed by atoms with E-state index in [9.17, 15) is 19.2 Å². The lowest BCUT2D eigenvalue weighted by molar-refractivity contribution is -0.150. The van der Waals surface area contributed by atoms with Gasteiger partial charge >= 0.3 is 12.0 Å². The molecule has 3 heterocycles. The number of H-pyrrole nitrogens is 1. The zero-order valence-electron chi connectivity index (χ0n) is 27.4. The molecule has 0 radical (unpaired) electrons. The number of aromatic amines is 1. The van der Waals surface area contributed by atoms with E-state index in [1.54, 1.807) is 20.8 Å². The number of carbonyl (C=O) groups excluding carboxylic acids is 4. The number of rotatable bonds is 8. The van der Waals surface area contributed by atoms with E-state index >= 15 is 0 Å². The van der Waals surface area contributed by atoms with Gasteiger partial charge in [0.1, 0.15) is 10.4 Å². The van der Waals surface area contributed by atoms with Crippen molar-refractivity contribution in [1.29, 1.82) is 0 Å². The van der Waals surface area contributed by atoms with Crippen molar-refractivity contribution in [3.8, 4) is 11.3 Å². The van der Waals surface area contributed by atoms with E-state index < -0.39 is 29.5 Å². The molecule has 4 amide bonds. The topological polar surface area (TPSA) is 112 Å². The van der Waals surface area contributed by atoms with Gasteiger partial charge in [-0.1, -0.05) is 47.7 Å². The summed E-state index contributed by atoms with van der Waals surface area (Å²) in [6.07, 6.45) is 9.04. The van der Waals surface area contributed by atoms with Crippen LogP contribution in [0.3, 0.4) is 0 Å². The molecule has 1 aromatic heterocycles. The summed E-state index contributed by atoms with van der Waals surface area (Å²) in [6, 6.07) is 8.20. The fourth-order valence-electron chi connectivity index (χ4n) is 8.82. The number of ether oxygens (including phenoxy) is 1. The zero-order chi connectivity index (χ0) is 33.9. The largest absolute Gasteiger partial charge is 0.464 e. The van der Waals surface area contributed by atoms with Crippen LogP contribution in [0.25, 0.3) is 17.3 Å². The Labute approximate surface area is 295 Å². The molecule has 2 saturated heterocycles. The van der Waals surface area contributed by atoms with Gasteiger partial charge in [0.25, 0.3) is 5.91 Å². The maximum atomic E-state index is 14.0. The summed E-state index contributed by atoms with van der Waals surface area (Å²) in [5.41, 5.74) is 2.93. The minimum atomic E-state index is -1.01. The molecule has 1 atom stereocenters. The number of amides is 4. The number of thioether (sulfide) groups is 1. The maximum Gasteiger partial charge on any atom is 0.329 e. The molecule has 2 aliphatic heterocycles. The molecular formula is C36H41ClN4O5S2. The lowest BCUT2D eigenvalue weighted by Gasteiger charge is -2.56. The van der Waals surface area contributed by atoms with Crippen molar-refractivity contribution in [2.24, 2.45) is 23.7 Å². The highest BCUT2D eigenvalue weighted by Gasteiger charge is 2.53. The van der Waals surface area contributed by atoms with Crippen molar-refractivity contribution >= 4 is 69.8 Å². The van der Waals surface area contributed by atoms with Crippen LogP contribution in [0.1, 0.15) is 77.0 Å². The smallest absolute Gasteiger partial charge is 0.329 e. The quantitative estimate of drug-likeness (QED) is 0.132. The Balaban J connectivity index is 1.05. The van der Waals surface area contributed by atoms with E-state index in [2.05, 4.69) is 16.4 Å². The molecule has 1 aromatic carbocycles. The van der Waals surface area contributed by atoms with Crippen molar-refractivity contribution in [3.63, 3.8) is 0 Å². The fraction of sp³-hybridized carbons (Fsp3) is 0.528. The number of urea groups is 1. The lowest BCUT2D eigenvalue weighted by atomic mass is 9.54. The Morgan fingerprint density at radius 2 is 1.73 bits per heavy atom. The van der Waals surface area contributed by atoms with Crippen LogP contribution in [0.5, 0.6) is 0 Å². The van der Waals surface area contributed by atoms with Gasteiger partial charge in [-0.15, -0.1) is 0 Å². The summed E-state index contributed by atoms with van der Waals surface area (Å²) in [7, 11) is 0. The normalized spacial score (nSPS) is 29.3. The van der Waals surface area contributed by atoms with Crippen molar-refractivity contribution in [2.45, 2.75) is 89.8 Å². The molecule has 6 fully saturated rings. The number of imide groups is 1. The number of halogens is 1. The van der Waals surface area contributed by atoms with Crippen LogP contribution in [-0.2, 0) is 25.5 Å². The molecule has 2 aromatic rings. The van der Waals surface area contributed by atoms with Crippen LogP contribution in [0.15, 0.2) is 35.2 Å². The first-order valence-electron chi connectivity index (χ1n) is 16.9. The van der Waals surface area contributed by atoms with Gasteiger partial charge in [0, 0.05) is 28.0 Å². The first-order chi connectivity index (χ1) is 22.9. The van der Waals surface area contributed by atoms with Gasteiger partial charge in [-0.05, 0) is 125 Å². The third-order valence-electron chi connectivity index (χ3n) is 10.6. The van der Waals surface area contributed by atoms with E-state index in [4.69, 9.17) is 28.6 Å². The molecule has 4 aliphatic carbocycles. The summed E-state index contributed by atoms with van der Waals surface area (Å²) in [5, 5.41) is 3.25. The number of nitrogens with one attached hydrogen (secondary N) is 2. The van der Waals surface area contributed by atoms with E-state index in [-0.39, 0.29) is 25.0 Å². The summed E-state index contributed by atoms with van der Waals surface area (Å²) in [4.78, 5) is 59.2. The molecule has 48 heavy (non-hydrogen) atoms. The molecule has 12 heteroatoms. The van der Waals surface area contributed by atoms with Crippen molar-refractivity contribution in [3.05, 3.63) is 51.5 Å². The van der Waals surface area contributed by atoms with Gasteiger partial charge in [-0.3, -0.25) is 19.4 Å². The Hall–Kier alpha value is -3.15. The number of benzene rings is 1. The maximum absolute atomic E-state index is 14.0. The summed E-state index contributed by atoms with van der Waals surface area (Å²) in [6.45, 7) is 5.40. The second-order valence-electron chi connectivity index (χ2n) is 15.0. The predicted octanol–water partition coefficient (Wildman–Crippen LogP) is 6.95. The number of esters is 1. The molecule has 4 bridgehead atoms. The van der Waals surface area contributed by atoms with Crippen LogP contribution in [0.2, 0.25) is 5.02 Å². The SMILES string of the molecule is CC(C)(C)N1C(=O)C[C@@H](C(=O)OCCCc2cc(-c3ccc(Cl)cc3)[nH]c2C=C2SC(=S)N(C3C4CC5CC(C4)CC3C5)C2=O)NC1=O. The Morgan fingerprint density at radius 3 is 2.35 bits per heavy atom. The second kappa shape index (κ2) is 12.9. The van der Waals surface area contributed by atoms with Gasteiger partial charge in [0.15, 0.2) is 0 Å². The van der Waals surface area contributed by atoms with Crippen LogP contribution < -0.4 is 5.32 Å². The highest BCUT2D eigenvalue weighted by atomic mass is 35.5. The number of thiocarbonyl (C=S) groups is 1. The predicted molar refractivity (Wildman–Crippen MR) is 190 cm³/mol. The first-order valence-corrected chi connectivity index (χ1v) is 18.5. The van der Waals surface area contributed by atoms with Gasteiger partial charge < -0.3 is 15.0 Å². The third kappa shape index (κ3) is 6.45. The molecule has 8 rings (SSSR count). The minimum absolute atomic E-state index is 0.000834. The number of aromatic nitrogens is 1. The van der Waals surface area contributed by atoms with Crippen molar-refractivity contribution in [1.82, 2.24) is 20.1 Å². The second-order valence-corrected chi connectivity index (χ2v) is 17.1. The van der Waals surface area contributed by atoms with Gasteiger partial charge in [-0.25, -0.2) is 9.59 Å². The van der Waals surface area contributed by atoms with Gasteiger partial charge in [-0.2, -0.15) is 0 Å². The monoisotopic (exact) mass is 708 g/mol. The average molecular weight is 709 g/mol. The van der Waals surface area contributed by atoms with E-state index in [1.807, 2.05) is 35.2 Å². The summed E-state index contributed by atoms with van der Waals surface area (Å²) < 4.78 is 6.16. The Morgan fingerprint density at radius 1 is 1.06 bits per heavy atom. The minimum Gasteiger partial charge on any atom is -0.464 e. The fourth-order valence-corrected chi connectivity index (χ4v) is 10.3. The summed E-state index contributed by atoms with van der Waals surface area (Å²) >= 11 is 13.4. The molecule has 6 aliphatic rings. The first kappa shape index (κ1) is 33.4. The van der Waals surface area contributed by atoms with E-state index in [0.717, 1.165) is 39.3 Å². The lowest BCUT2D eigenvalue weighted by Crippen LogP contribution is -2.62. The van der Waals surface area contributed by atoms with Crippen LogP contribution in [0.4, 0.5) is 4.79 Å². The Kier molecular flexibility index (Phi) is 9.00. The van der Waals surface area contributed by atoms with Crippen LogP contribution >= 0.6 is 35.6 Å².